The number of fused-ring (bicyclic) bond motifs is 1. The van der Waals surface area contributed by atoms with Crippen molar-refractivity contribution in [3.63, 3.8) is 0 Å². The second-order valence-electron chi connectivity index (χ2n) is 5.67. The summed E-state index contributed by atoms with van der Waals surface area (Å²) in [6.45, 7) is 2.29. The van der Waals surface area contributed by atoms with Crippen molar-refractivity contribution in [2.24, 2.45) is 11.7 Å². The molecule has 1 aromatic carbocycles. The molecule has 1 aliphatic carbocycles. The maximum atomic E-state index is 6.35. The zero-order valence-corrected chi connectivity index (χ0v) is 11.1. The minimum atomic E-state index is -0.0268. The molecule has 3 rings (SSSR count). The fourth-order valence-corrected chi connectivity index (χ4v) is 3.45. The van der Waals surface area contributed by atoms with Gasteiger partial charge in [-0.15, -0.1) is 0 Å². The summed E-state index contributed by atoms with van der Waals surface area (Å²) in [5.41, 5.74) is 7.41. The first-order chi connectivity index (χ1) is 8.64. The van der Waals surface area contributed by atoms with Crippen molar-refractivity contribution in [1.29, 1.82) is 0 Å². The molecule has 2 N–H and O–H groups in total. The van der Waals surface area contributed by atoms with E-state index in [1.807, 2.05) is 18.2 Å². The number of benzene rings is 1. The lowest BCUT2D eigenvalue weighted by molar-refractivity contribution is 0.00657. The first kappa shape index (κ1) is 11.8. The number of nitrogens with two attached hydrogens (primary N) is 1. The molecule has 1 saturated carbocycles. The summed E-state index contributed by atoms with van der Waals surface area (Å²) in [4.78, 5) is 0. The lowest BCUT2D eigenvalue weighted by atomic mass is 9.81. The summed E-state index contributed by atoms with van der Waals surface area (Å²) in [6.07, 6.45) is 4.55. The molecule has 0 bridgehead atoms. The van der Waals surface area contributed by atoms with E-state index in [2.05, 4.69) is 6.92 Å². The lowest BCUT2D eigenvalue weighted by Crippen LogP contribution is -2.44. The van der Waals surface area contributed by atoms with Gasteiger partial charge in [-0.3, -0.25) is 0 Å². The van der Waals surface area contributed by atoms with Gasteiger partial charge >= 0.3 is 0 Å². The highest BCUT2D eigenvalue weighted by Crippen LogP contribution is 2.49. The van der Waals surface area contributed by atoms with E-state index < -0.39 is 0 Å². The first-order valence-electron chi connectivity index (χ1n) is 6.77. The highest BCUT2D eigenvalue weighted by Gasteiger charge is 2.46. The molecule has 1 heterocycles. The van der Waals surface area contributed by atoms with Crippen molar-refractivity contribution in [2.75, 3.05) is 7.11 Å². The van der Waals surface area contributed by atoms with E-state index in [0.717, 1.165) is 29.9 Å². The summed E-state index contributed by atoms with van der Waals surface area (Å²) in [7, 11) is 1.68. The summed E-state index contributed by atoms with van der Waals surface area (Å²) in [6, 6.07) is 6.01. The van der Waals surface area contributed by atoms with Crippen LogP contribution < -0.4 is 15.2 Å². The Balaban J connectivity index is 1.98. The Morgan fingerprint density at radius 2 is 2.28 bits per heavy atom. The zero-order chi connectivity index (χ0) is 12.8. The predicted octanol–water partition coefficient (Wildman–Crippen LogP) is 3.04. The van der Waals surface area contributed by atoms with E-state index in [-0.39, 0.29) is 11.6 Å². The molecule has 3 nitrogen and oxygen atoms in total. The van der Waals surface area contributed by atoms with Crippen molar-refractivity contribution in [2.45, 2.75) is 44.2 Å². The van der Waals surface area contributed by atoms with Gasteiger partial charge in [-0.2, -0.15) is 0 Å². The molecule has 0 saturated heterocycles. The van der Waals surface area contributed by atoms with Crippen LogP contribution in [0.25, 0.3) is 0 Å². The third-order valence-electron chi connectivity index (χ3n) is 4.63. The number of hydrogen-bond donors (Lipinski definition) is 1. The van der Waals surface area contributed by atoms with E-state index >= 15 is 0 Å². The molecule has 0 aromatic heterocycles. The smallest absolute Gasteiger partial charge is 0.125 e. The van der Waals surface area contributed by atoms with Crippen LogP contribution in [-0.2, 0) is 0 Å². The third-order valence-corrected chi connectivity index (χ3v) is 4.63. The van der Waals surface area contributed by atoms with E-state index in [9.17, 15) is 0 Å². The Hall–Kier alpha value is -1.22. The van der Waals surface area contributed by atoms with Gasteiger partial charge in [0.05, 0.1) is 7.11 Å². The van der Waals surface area contributed by atoms with Crippen LogP contribution in [0.2, 0.25) is 0 Å². The highest BCUT2D eigenvalue weighted by atomic mass is 16.5. The minimum Gasteiger partial charge on any atom is -0.497 e. The van der Waals surface area contributed by atoms with Crippen LogP contribution in [0.3, 0.4) is 0 Å². The van der Waals surface area contributed by atoms with Crippen molar-refractivity contribution in [1.82, 2.24) is 0 Å². The van der Waals surface area contributed by atoms with E-state index in [4.69, 9.17) is 15.2 Å². The van der Waals surface area contributed by atoms with Crippen LogP contribution >= 0.6 is 0 Å². The van der Waals surface area contributed by atoms with Crippen molar-refractivity contribution in [3.05, 3.63) is 23.8 Å². The summed E-state index contributed by atoms with van der Waals surface area (Å²) in [5.74, 6) is 2.39. The largest absolute Gasteiger partial charge is 0.497 e. The number of methoxy groups -OCH3 is 1. The molecule has 2 aliphatic rings. The van der Waals surface area contributed by atoms with Crippen LogP contribution in [-0.4, -0.2) is 12.7 Å². The number of hydrogen-bond acceptors (Lipinski definition) is 3. The molecule has 18 heavy (non-hydrogen) atoms. The van der Waals surface area contributed by atoms with Gasteiger partial charge in [0.1, 0.15) is 17.1 Å². The average Bonchev–Trinajstić information content (AvgIpc) is 2.70. The molecule has 1 aromatic rings. The molecule has 1 spiro atoms. The molecular weight excluding hydrogens is 226 g/mol. The monoisotopic (exact) mass is 247 g/mol. The van der Waals surface area contributed by atoms with Crippen LogP contribution in [0.1, 0.15) is 44.2 Å². The third kappa shape index (κ3) is 1.69. The average molecular weight is 247 g/mol. The SMILES string of the molecule is COc1ccc2c(c1)[C@@H](N)CC1(CCCC1C)O2. The van der Waals surface area contributed by atoms with Gasteiger partial charge in [-0.05, 0) is 43.4 Å². The summed E-state index contributed by atoms with van der Waals surface area (Å²) in [5, 5.41) is 0. The Bertz CT molecular complexity index is 460. The Kier molecular flexibility index (Phi) is 2.74. The summed E-state index contributed by atoms with van der Waals surface area (Å²) >= 11 is 0. The van der Waals surface area contributed by atoms with Crippen LogP contribution in [0.5, 0.6) is 11.5 Å². The molecule has 0 amide bonds. The fourth-order valence-electron chi connectivity index (χ4n) is 3.45. The van der Waals surface area contributed by atoms with Gasteiger partial charge in [0.25, 0.3) is 0 Å². The second-order valence-corrected chi connectivity index (χ2v) is 5.67. The van der Waals surface area contributed by atoms with E-state index in [1.54, 1.807) is 7.11 Å². The maximum absolute atomic E-state index is 6.35. The Morgan fingerprint density at radius 1 is 1.44 bits per heavy atom. The van der Waals surface area contributed by atoms with Gasteiger partial charge in [-0.1, -0.05) is 6.92 Å². The molecule has 1 aliphatic heterocycles. The van der Waals surface area contributed by atoms with Crippen molar-refractivity contribution >= 4 is 0 Å². The van der Waals surface area contributed by atoms with Crippen molar-refractivity contribution in [3.8, 4) is 11.5 Å². The molecule has 2 unspecified atom stereocenters. The Morgan fingerprint density at radius 3 is 2.94 bits per heavy atom. The van der Waals surface area contributed by atoms with Crippen LogP contribution in [0.15, 0.2) is 18.2 Å². The Labute approximate surface area is 108 Å². The maximum Gasteiger partial charge on any atom is 0.125 e. The van der Waals surface area contributed by atoms with Gasteiger partial charge < -0.3 is 15.2 Å². The first-order valence-corrected chi connectivity index (χ1v) is 6.77. The predicted molar refractivity (Wildman–Crippen MR) is 70.9 cm³/mol. The second kappa shape index (κ2) is 4.16. The molecular formula is C15H21NO2. The lowest BCUT2D eigenvalue weighted by Gasteiger charge is -2.41. The fraction of sp³-hybridized carbons (Fsp3) is 0.600. The minimum absolute atomic E-state index is 0.0268. The van der Waals surface area contributed by atoms with Gasteiger partial charge in [0, 0.05) is 18.0 Å². The molecule has 98 valence electrons. The van der Waals surface area contributed by atoms with Gasteiger partial charge in [-0.25, -0.2) is 0 Å². The summed E-state index contributed by atoms with van der Waals surface area (Å²) < 4.78 is 11.6. The molecule has 3 heteroatoms. The van der Waals surface area contributed by atoms with Crippen molar-refractivity contribution < 1.29 is 9.47 Å². The van der Waals surface area contributed by atoms with Gasteiger partial charge in [0.15, 0.2) is 0 Å². The number of ether oxygens (including phenoxy) is 2. The topological polar surface area (TPSA) is 44.5 Å². The molecule has 3 atom stereocenters. The normalized spacial score (nSPS) is 34.2. The van der Waals surface area contributed by atoms with Crippen LogP contribution in [0, 0.1) is 5.92 Å². The number of rotatable bonds is 1. The van der Waals surface area contributed by atoms with Crippen LogP contribution in [0.4, 0.5) is 0 Å². The highest BCUT2D eigenvalue weighted by molar-refractivity contribution is 5.44. The zero-order valence-electron chi connectivity index (χ0n) is 11.1. The van der Waals surface area contributed by atoms with E-state index in [0.29, 0.717) is 5.92 Å². The standard InChI is InChI=1S/C15H21NO2/c1-10-4-3-7-15(10)9-13(16)12-8-11(17-2)5-6-14(12)18-15/h5-6,8,10,13H,3-4,7,9,16H2,1-2H3/t10?,13-,15?/m0/s1. The van der Waals surface area contributed by atoms with Gasteiger partial charge in [0.2, 0.25) is 0 Å². The van der Waals surface area contributed by atoms with E-state index in [1.165, 1.54) is 12.8 Å². The molecule has 1 fully saturated rings. The molecule has 0 radical (unpaired) electrons. The quantitative estimate of drug-likeness (QED) is 0.829.